The van der Waals surface area contributed by atoms with Crippen LogP contribution in [0.1, 0.15) is 12.5 Å². The van der Waals surface area contributed by atoms with Crippen LogP contribution >= 0.6 is 0 Å². The third kappa shape index (κ3) is 2.17. The third-order valence-electron chi connectivity index (χ3n) is 2.92. The first-order chi connectivity index (χ1) is 7.85. The molecule has 1 aliphatic heterocycles. The molecule has 0 saturated carbocycles. The largest absolute Gasteiger partial charge is 0.365 e. The van der Waals surface area contributed by atoms with Gasteiger partial charge in [-0.05, 0) is 18.1 Å². The van der Waals surface area contributed by atoms with Gasteiger partial charge in [0.05, 0.1) is 19.2 Å². The molecule has 0 aliphatic carbocycles. The Bertz CT molecular complexity index is 397. The lowest BCUT2D eigenvalue weighted by Crippen LogP contribution is -2.42. The lowest BCUT2D eigenvalue weighted by atomic mass is 10.1. The Morgan fingerprint density at radius 1 is 1.50 bits per heavy atom. The molecule has 1 heterocycles. The highest BCUT2D eigenvalue weighted by Crippen LogP contribution is 2.22. The molecular formula is C13H16N2O. The molecular weight excluding hydrogens is 200 g/mol. The van der Waals surface area contributed by atoms with E-state index in [0.717, 1.165) is 13.0 Å². The van der Waals surface area contributed by atoms with Crippen molar-refractivity contribution in [3.05, 3.63) is 29.8 Å². The van der Waals surface area contributed by atoms with Crippen molar-refractivity contribution < 1.29 is 4.74 Å². The Hall–Kier alpha value is -1.53. The van der Waals surface area contributed by atoms with Crippen LogP contribution < -0.4 is 4.90 Å². The van der Waals surface area contributed by atoms with Gasteiger partial charge in [-0.2, -0.15) is 5.26 Å². The summed E-state index contributed by atoms with van der Waals surface area (Å²) >= 11 is 0. The second kappa shape index (κ2) is 5.00. The summed E-state index contributed by atoms with van der Waals surface area (Å²) in [5.74, 6) is 0. The van der Waals surface area contributed by atoms with E-state index in [1.54, 1.807) is 0 Å². The van der Waals surface area contributed by atoms with Gasteiger partial charge in [-0.1, -0.05) is 25.1 Å². The monoisotopic (exact) mass is 216 g/mol. The standard InChI is InChI=1S/C13H16N2O/c1-2-11-5-3-4-6-13(11)15-7-8-16-12(9-14)10-15/h3-6,12H,2,7-8,10H2,1H3. The maximum absolute atomic E-state index is 8.88. The Kier molecular flexibility index (Phi) is 3.43. The first-order valence-electron chi connectivity index (χ1n) is 5.69. The number of rotatable bonds is 2. The molecule has 1 saturated heterocycles. The molecule has 3 nitrogen and oxygen atoms in total. The molecule has 0 radical (unpaired) electrons. The van der Waals surface area contributed by atoms with E-state index in [0.29, 0.717) is 13.2 Å². The molecule has 0 aromatic heterocycles. The van der Waals surface area contributed by atoms with E-state index in [9.17, 15) is 0 Å². The molecule has 2 rings (SSSR count). The maximum Gasteiger partial charge on any atom is 0.161 e. The summed E-state index contributed by atoms with van der Waals surface area (Å²) in [5, 5.41) is 8.88. The summed E-state index contributed by atoms with van der Waals surface area (Å²) in [6, 6.07) is 10.6. The summed E-state index contributed by atoms with van der Waals surface area (Å²) in [5.41, 5.74) is 2.58. The van der Waals surface area contributed by atoms with E-state index in [-0.39, 0.29) is 6.10 Å². The molecule has 1 aromatic rings. The molecule has 16 heavy (non-hydrogen) atoms. The van der Waals surface area contributed by atoms with Gasteiger partial charge in [-0.3, -0.25) is 0 Å². The molecule has 0 spiro atoms. The van der Waals surface area contributed by atoms with Gasteiger partial charge in [0.1, 0.15) is 0 Å². The van der Waals surface area contributed by atoms with Crippen molar-refractivity contribution in [3.63, 3.8) is 0 Å². The highest BCUT2D eigenvalue weighted by atomic mass is 16.5. The first kappa shape index (κ1) is 11.0. The number of aryl methyl sites for hydroxylation is 1. The number of nitriles is 1. The summed E-state index contributed by atoms with van der Waals surface area (Å²) in [6.45, 7) is 4.33. The van der Waals surface area contributed by atoms with E-state index in [1.807, 2.05) is 6.07 Å². The fourth-order valence-electron chi connectivity index (χ4n) is 2.06. The minimum absolute atomic E-state index is 0.293. The van der Waals surface area contributed by atoms with Crippen LogP contribution in [0, 0.1) is 11.3 Å². The van der Waals surface area contributed by atoms with Gasteiger partial charge in [0.2, 0.25) is 0 Å². The van der Waals surface area contributed by atoms with Gasteiger partial charge in [0, 0.05) is 12.2 Å². The molecule has 1 aliphatic rings. The van der Waals surface area contributed by atoms with Crippen LogP contribution in [-0.4, -0.2) is 25.8 Å². The van der Waals surface area contributed by atoms with E-state index in [4.69, 9.17) is 10.00 Å². The third-order valence-corrected chi connectivity index (χ3v) is 2.92. The van der Waals surface area contributed by atoms with Gasteiger partial charge < -0.3 is 9.64 Å². The molecule has 3 heteroatoms. The highest BCUT2D eigenvalue weighted by Gasteiger charge is 2.21. The minimum Gasteiger partial charge on any atom is -0.365 e. The zero-order valence-corrected chi connectivity index (χ0v) is 9.52. The molecule has 0 amide bonds. The zero-order chi connectivity index (χ0) is 11.4. The van der Waals surface area contributed by atoms with Crippen molar-refractivity contribution >= 4 is 5.69 Å². The van der Waals surface area contributed by atoms with Crippen LogP contribution in [0.25, 0.3) is 0 Å². The molecule has 0 bridgehead atoms. The van der Waals surface area contributed by atoms with Gasteiger partial charge in [-0.25, -0.2) is 0 Å². The minimum atomic E-state index is -0.293. The fraction of sp³-hybridized carbons (Fsp3) is 0.462. The van der Waals surface area contributed by atoms with Crippen molar-refractivity contribution in [2.45, 2.75) is 19.4 Å². The van der Waals surface area contributed by atoms with E-state index in [2.05, 4.69) is 36.1 Å². The van der Waals surface area contributed by atoms with Crippen molar-refractivity contribution in [1.82, 2.24) is 0 Å². The van der Waals surface area contributed by atoms with Gasteiger partial charge >= 0.3 is 0 Å². The fourth-order valence-corrected chi connectivity index (χ4v) is 2.06. The molecule has 1 fully saturated rings. The van der Waals surface area contributed by atoms with Crippen molar-refractivity contribution in [1.29, 1.82) is 5.26 Å². The van der Waals surface area contributed by atoms with Crippen molar-refractivity contribution in [3.8, 4) is 6.07 Å². The molecule has 1 unspecified atom stereocenters. The van der Waals surface area contributed by atoms with Crippen LogP contribution in [0.15, 0.2) is 24.3 Å². The van der Waals surface area contributed by atoms with Crippen LogP contribution in [-0.2, 0) is 11.2 Å². The zero-order valence-electron chi connectivity index (χ0n) is 9.52. The van der Waals surface area contributed by atoms with Gasteiger partial charge in [-0.15, -0.1) is 0 Å². The first-order valence-corrected chi connectivity index (χ1v) is 5.69. The topological polar surface area (TPSA) is 36.3 Å². The maximum atomic E-state index is 8.88. The molecule has 84 valence electrons. The van der Waals surface area contributed by atoms with Crippen LogP contribution in [0.3, 0.4) is 0 Å². The summed E-state index contributed by atoms with van der Waals surface area (Å²) in [4.78, 5) is 2.25. The van der Waals surface area contributed by atoms with Crippen molar-refractivity contribution in [2.75, 3.05) is 24.6 Å². The summed E-state index contributed by atoms with van der Waals surface area (Å²) < 4.78 is 5.35. The lowest BCUT2D eigenvalue weighted by Gasteiger charge is -2.32. The highest BCUT2D eigenvalue weighted by molar-refractivity contribution is 5.54. The Labute approximate surface area is 96.2 Å². The Morgan fingerprint density at radius 3 is 3.06 bits per heavy atom. The molecule has 1 atom stereocenters. The predicted molar refractivity (Wildman–Crippen MR) is 63.4 cm³/mol. The lowest BCUT2D eigenvalue weighted by molar-refractivity contribution is 0.0764. The SMILES string of the molecule is CCc1ccccc1N1CCOC(C#N)C1. The Balaban J connectivity index is 2.20. The number of benzene rings is 1. The number of hydrogen-bond acceptors (Lipinski definition) is 3. The van der Waals surface area contributed by atoms with Crippen LogP contribution in [0.5, 0.6) is 0 Å². The van der Waals surface area contributed by atoms with E-state index >= 15 is 0 Å². The van der Waals surface area contributed by atoms with Gasteiger partial charge in [0.15, 0.2) is 6.10 Å². The van der Waals surface area contributed by atoms with Gasteiger partial charge in [0.25, 0.3) is 0 Å². The quantitative estimate of drug-likeness (QED) is 0.758. The average molecular weight is 216 g/mol. The smallest absolute Gasteiger partial charge is 0.161 e. The van der Waals surface area contributed by atoms with E-state index < -0.39 is 0 Å². The second-order valence-electron chi connectivity index (χ2n) is 3.92. The summed E-state index contributed by atoms with van der Waals surface area (Å²) in [6.07, 6.45) is 0.726. The second-order valence-corrected chi connectivity index (χ2v) is 3.92. The number of nitrogens with zero attached hydrogens (tertiary/aromatic N) is 2. The average Bonchev–Trinajstić information content (AvgIpc) is 2.38. The normalized spacial score (nSPS) is 20.5. The number of hydrogen-bond donors (Lipinski definition) is 0. The van der Waals surface area contributed by atoms with Crippen LogP contribution in [0.4, 0.5) is 5.69 Å². The van der Waals surface area contributed by atoms with Crippen molar-refractivity contribution in [2.24, 2.45) is 0 Å². The van der Waals surface area contributed by atoms with Crippen LogP contribution in [0.2, 0.25) is 0 Å². The predicted octanol–water partition coefficient (Wildman–Crippen LogP) is 1.98. The number of para-hydroxylation sites is 1. The number of morpholine rings is 1. The van der Waals surface area contributed by atoms with E-state index in [1.165, 1.54) is 11.3 Å². The molecule has 1 aromatic carbocycles. The Morgan fingerprint density at radius 2 is 2.31 bits per heavy atom. The summed E-state index contributed by atoms with van der Waals surface area (Å²) in [7, 11) is 0. The number of anilines is 1. The number of ether oxygens (including phenoxy) is 1. The molecule has 0 N–H and O–H groups in total.